The Balaban J connectivity index is 0.00000176. The molecule has 2 aromatic carbocycles. The maximum atomic E-state index is 6.08. The van der Waals surface area contributed by atoms with Gasteiger partial charge in [0, 0.05) is 17.5 Å². The normalized spacial score (nSPS) is 19.2. The first-order valence-corrected chi connectivity index (χ1v) is 7.47. The summed E-state index contributed by atoms with van der Waals surface area (Å²) in [4.78, 5) is 0. The largest absolute Gasteiger partial charge is 0.490 e. The van der Waals surface area contributed by atoms with Crippen molar-refractivity contribution < 1.29 is 9.47 Å². The number of para-hydroxylation sites is 1. The first-order valence-electron chi connectivity index (χ1n) is 7.47. The zero-order valence-electron chi connectivity index (χ0n) is 12.7. The smallest absolute Gasteiger partial charge is 0.165 e. The van der Waals surface area contributed by atoms with Crippen LogP contribution in [0.25, 0.3) is 0 Å². The molecule has 0 spiro atoms. The van der Waals surface area contributed by atoms with Crippen LogP contribution in [0.2, 0.25) is 0 Å². The Morgan fingerprint density at radius 3 is 2.41 bits per heavy atom. The van der Waals surface area contributed by atoms with Gasteiger partial charge >= 0.3 is 0 Å². The Kier molecular flexibility index (Phi) is 5.69. The molecule has 2 aromatic rings. The van der Waals surface area contributed by atoms with E-state index in [1.807, 2.05) is 37.3 Å². The van der Waals surface area contributed by atoms with E-state index in [0.29, 0.717) is 19.1 Å². The van der Waals surface area contributed by atoms with E-state index >= 15 is 0 Å². The van der Waals surface area contributed by atoms with Crippen LogP contribution in [0.3, 0.4) is 0 Å². The molecule has 0 radical (unpaired) electrons. The standard InChI is InChI=1S/C18H21NO2.ClH/c1-2-20-17-10-6-9-14(15-11-16(15)19)18(17)21-12-13-7-4-3-5-8-13;/h3-10,15-16H,2,11-12,19H2,1H3;1H/t15-,16+;/m0./s1. The Morgan fingerprint density at radius 1 is 1.05 bits per heavy atom. The third-order valence-electron chi connectivity index (χ3n) is 3.77. The molecule has 0 aromatic heterocycles. The molecule has 2 N–H and O–H groups in total. The van der Waals surface area contributed by atoms with Gasteiger partial charge in [0.25, 0.3) is 0 Å². The number of benzene rings is 2. The lowest BCUT2D eigenvalue weighted by Gasteiger charge is -2.16. The van der Waals surface area contributed by atoms with Gasteiger partial charge in [-0.1, -0.05) is 42.5 Å². The van der Waals surface area contributed by atoms with Crippen molar-refractivity contribution in [2.75, 3.05) is 6.61 Å². The van der Waals surface area contributed by atoms with Gasteiger partial charge in [0.05, 0.1) is 6.61 Å². The monoisotopic (exact) mass is 319 g/mol. The van der Waals surface area contributed by atoms with Crippen LogP contribution in [0, 0.1) is 0 Å². The van der Waals surface area contributed by atoms with Crippen LogP contribution in [0.4, 0.5) is 0 Å². The molecule has 3 nitrogen and oxygen atoms in total. The van der Waals surface area contributed by atoms with Gasteiger partial charge in [-0.2, -0.15) is 0 Å². The van der Waals surface area contributed by atoms with Crippen molar-refractivity contribution in [2.24, 2.45) is 5.73 Å². The number of halogens is 1. The Morgan fingerprint density at radius 2 is 1.77 bits per heavy atom. The van der Waals surface area contributed by atoms with E-state index < -0.39 is 0 Å². The lowest BCUT2D eigenvalue weighted by Crippen LogP contribution is -2.05. The summed E-state index contributed by atoms with van der Waals surface area (Å²) in [6, 6.07) is 16.5. The highest BCUT2D eigenvalue weighted by atomic mass is 35.5. The first kappa shape index (κ1) is 16.7. The van der Waals surface area contributed by atoms with Crippen molar-refractivity contribution >= 4 is 12.4 Å². The molecule has 22 heavy (non-hydrogen) atoms. The summed E-state index contributed by atoms with van der Waals surface area (Å²) in [7, 11) is 0. The van der Waals surface area contributed by atoms with Crippen LogP contribution < -0.4 is 15.2 Å². The highest BCUT2D eigenvalue weighted by Crippen LogP contribution is 2.46. The van der Waals surface area contributed by atoms with Crippen LogP contribution >= 0.6 is 12.4 Å². The number of ether oxygens (including phenoxy) is 2. The van der Waals surface area contributed by atoms with Crippen molar-refractivity contribution in [3.8, 4) is 11.5 Å². The molecule has 0 saturated heterocycles. The minimum absolute atomic E-state index is 0. The molecule has 4 heteroatoms. The van der Waals surface area contributed by atoms with E-state index in [9.17, 15) is 0 Å². The molecular formula is C18H22ClNO2. The van der Waals surface area contributed by atoms with Gasteiger partial charge in [0.15, 0.2) is 11.5 Å². The molecule has 0 heterocycles. The van der Waals surface area contributed by atoms with Gasteiger partial charge in [0.2, 0.25) is 0 Å². The van der Waals surface area contributed by atoms with Crippen molar-refractivity contribution in [3.63, 3.8) is 0 Å². The highest BCUT2D eigenvalue weighted by Gasteiger charge is 2.37. The predicted octanol–water partition coefficient (Wildman–Crippen LogP) is 3.90. The summed E-state index contributed by atoms with van der Waals surface area (Å²) >= 11 is 0. The second kappa shape index (κ2) is 7.52. The van der Waals surface area contributed by atoms with Gasteiger partial charge in [-0.15, -0.1) is 12.4 Å². The molecule has 0 amide bonds. The maximum Gasteiger partial charge on any atom is 0.165 e. The SMILES string of the molecule is CCOc1cccc([C@@H]2C[C@H]2N)c1OCc1ccccc1.Cl. The minimum atomic E-state index is 0. The number of hydrogen-bond donors (Lipinski definition) is 1. The van der Waals surface area contributed by atoms with Crippen LogP contribution in [-0.2, 0) is 6.61 Å². The average Bonchev–Trinajstić information content (AvgIpc) is 3.24. The maximum absolute atomic E-state index is 6.08. The van der Waals surface area contributed by atoms with Crippen molar-refractivity contribution in [1.29, 1.82) is 0 Å². The minimum Gasteiger partial charge on any atom is -0.490 e. The first-order chi connectivity index (χ1) is 10.3. The summed E-state index contributed by atoms with van der Waals surface area (Å²) in [5.41, 5.74) is 8.32. The van der Waals surface area contributed by atoms with E-state index in [0.717, 1.165) is 23.5 Å². The van der Waals surface area contributed by atoms with Crippen LogP contribution in [0.5, 0.6) is 11.5 Å². The molecule has 3 rings (SSSR count). The lowest BCUT2D eigenvalue weighted by atomic mass is 10.1. The zero-order valence-corrected chi connectivity index (χ0v) is 13.5. The molecule has 0 bridgehead atoms. The lowest BCUT2D eigenvalue weighted by molar-refractivity contribution is 0.266. The van der Waals surface area contributed by atoms with Gasteiger partial charge in [0.1, 0.15) is 6.61 Å². The fourth-order valence-electron chi connectivity index (χ4n) is 2.55. The van der Waals surface area contributed by atoms with E-state index in [-0.39, 0.29) is 18.4 Å². The Hall–Kier alpha value is -1.71. The van der Waals surface area contributed by atoms with Crippen LogP contribution in [0.15, 0.2) is 48.5 Å². The van der Waals surface area contributed by atoms with E-state index in [1.54, 1.807) is 0 Å². The average molecular weight is 320 g/mol. The summed E-state index contributed by atoms with van der Waals surface area (Å²) in [5, 5.41) is 0. The van der Waals surface area contributed by atoms with Crippen molar-refractivity contribution in [2.45, 2.75) is 31.9 Å². The number of hydrogen-bond acceptors (Lipinski definition) is 3. The molecule has 1 aliphatic rings. The highest BCUT2D eigenvalue weighted by molar-refractivity contribution is 5.85. The van der Waals surface area contributed by atoms with Crippen molar-refractivity contribution in [1.82, 2.24) is 0 Å². The second-order valence-electron chi connectivity index (χ2n) is 5.39. The zero-order chi connectivity index (χ0) is 14.7. The summed E-state index contributed by atoms with van der Waals surface area (Å²) < 4.78 is 11.8. The number of rotatable bonds is 6. The molecular weight excluding hydrogens is 298 g/mol. The third kappa shape index (κ3) is 3.73. The Bertz CT molecular complexity index is 603. The number of nitrogens with two attached hydrogens (primary N) is 1. The molecule has 118 valence electrons. The summed E-state index contributed by atoms with van der Waals surface area (Å²) in [6.07, 6.45) is 1.03. The van der Waals surface area contributed by atoms with Gasteiger partial charge in [-0.25, -0.2) is 0 Å². The predicted molar refractivity (Wildman–Crippen MR) is 91.0 cm³/mol. The van der Waals surface area contributed by atoms with Gasteiger partial charge in [-0.3, -0.25) is 0 Å². The molecule has 0 unspecified atom stereocenters. The van der Waals surface area contributed by atoms with Crippen molar-refractivity contribution in [3.05, 3.63) is 59.7 Å². The van der Waals surface area contributed by atoms with Crippen LogP contribution in [-0.4, -0.2) is 12.6 Å². The molecule has 1 fully saturated rings. The van der Waals surface area contributed by atoms with E-state index in [1.165, 1.54) is 5.56 Å². The van der Waals surface area contributed by atoms with E-state index in [4.69, 9.17) is 15.2 Å². The second-order valence-corrected chi connectivity index (χ2v) is 5.39. The molecule has 1 aliphatic carbocycles. The third-order valence-corrected chi connectivity index (χ3v) is 3.77. The van der Waals surface area contributed by atoms with E-state index in [2.05, 4.69) is 18.2 Å². The molecule has 1 saturated carbocycles. The fraction of sp³-hybridized carbons (Fsp3) is 0.333. The van der Waals surface area contributed by atoms with Gasteiger partial charge in [-0.05, 0) is 25.0 Å². The Labute approximate surface area is 137 Å². The molecule has 2 atom stereocenters. The van der Waals surface area contributed by atoms with Gasteiger partial charge < -0.3 is 15.2 Å². The summed E-state index contributed by atoms with van der Waals surface area (Å²) in [5.74, 6) is 2.06. The molecule has 0 aliphatic heterocycles. The fourth-order valence-corrected chi connectivity index (χ4v) is 2.55. The topological polar surface area (TPSA) is 44.5 Å². The summed E-state index contributed by atoms with van der Waals surface area (Å²) in [6.45, 7) is 3.15. The quantitative estimate of drug-likeness (QED) is 0.878. The van der Waals surface area contributed by atoms with Crippen LogP contribution in [0.1, 0.15) is 30.4 Å².